The van der Waals surface area contributed by atoms with Gasteiger partial charge in [-0.15, -0.1) is 5.10 Å². The summed E-state index contributed by atoms with van der Waals surface area (Å²) in [5.41, 5.74) is 1.87. The molecule has 7 nitrogen and oxygen atoms in total. The van der Waals surface area contributed by atoms with Gasteiger partial charge in [-0.2, -0.15) is 4.68 Å². The lowest BCUT2D eigenvalue weighted by atomic mass is 10.2. The standard InChI is InChI=1S/C18H19N5O2S/c1-2-25-16-10-8-15(9-11-16)23-18(20-21-22-23)26-13-17(24)19-12-14-6-4-3-5-7-14/h3-11H,2,12-13H2,1H3,(H,19,24). The number of nitrogens with one attached hydrogen (secondary N) is 1. The van der Waals surface area contributed by atoms with E-state index in [1.54, 1.807) is 4.68 Å². The van der Waals surface area contributed by atoms with E-state index in [-0.39, 0.29) is 11.7 Å². The highest BCUT2D eigenvalue weighted by atomic mass is 32.2. The first-order valence-corrected chi connectivity index (χ1v) is 9.20. The molecule has 8 heteroatoms. The predicted molar refractivity (Wildman–Crippen MR) is 99.3 cm³/mol. The van der Waals surface area contributed by atoms with Crippen molar-refractivity contribution in [2.75, 3.05) is 12.4 Å². The number of carbonyl (C=O) groups is 1. The van der Waals surface area contributed by atoms with Gasteiger partial charge >= 0.3 is 0 Å². The number of nitrogens with zero attached hydrogens (tertiary/aromatic N) is 4. The maximum atomic E-state index is 12.0. The van der Waals surface area contributed by atoms with Crippen LogP contribution in [0.25, 0.3) is 5.69 Å². The molecular weight excluding hydrogens is 350 g/mol. The highest BCUT2D eigenvalue weighted by Gasteiger charge is 2.11. The fourth-order valence-corrected chi connectivity index (χ4v) is 2.98. The Morgan fingerprint density at radius 2 is 1.92 bits per heavy atom. The molecule has 26 heavy (non-hydrogen) atoms. The number of aromatic nitrogens is 4. The minimum absolute atomic E-state index is 0.0694. The van der Waals surface area contributed by atoms with Crippen LogP contribution in [0.2, 0.25) is 0 Å². The zero-order valence-electron chi connectivity index (χ0n) is 14.3. The molecule has 0 spiro atoms. The molecule has 0 saturated carbocycles. The van der Waals surface area contributed by atoms with E-state index < -0.39 is 0 Å². The highest BCUT2D eigenvalue weighted by molar-refractivity contribution is 7.99. The van der Waals surface area contributed by atoms with Gasteiger partial charge in [-0.05, 0) is 47.2 Å². The van der Waals surface area contributed by atoms with Crippen molar-refractivity contribution in [3.63, 3.8) is 0 Å². The van der Waals surface area contributed by atoms with Crippen LogP contribution in [-0.2, 0) is 11.3 Å². The lowest BCUT2D eigenvalue weighted by Crippen LogP contribution is -2.24. The molecule has 134 valence electrons. The summed E-state index contributed by atoms with van der Waals surface area (Å²) in [4.78, 5) is 12.0. The predicted octanol–water partition coefficient (Wildman–Crippen LogP) is 2.47. The Hall–Kier alpha value is -2.87. The average Bonchev–Trinajstić information content (AvgIpc) is 3.15. The van der Waals surface area contributed by atoms with Gasteiger partial charge in [0.05, 0.1) is 18.0 Å². The van der Waals surface area contributed by atoms with Crippen LogP contribution in [0.1, 0.15) is 12.5 Å². The van der Waals surface area contributed by atoms with Gasteiger partial charge in [0.1, 0.15) is 5.75 Å². The molecule has 0 aliphatic rings. The number of hydrogen-bond acceptors (Lipinski definition) is 6. The van der Waals surface area contributed by atoms with Gasteiger partial charge < -0.3 is 10.1 Å². The van der Waals surface area contributed by atoms with Crippen molar-refractivity contribution in [2.24, 2.45) is 0 Å². The number of hydrogen-bond donors (Lipinski definition) is 1. The van der Waals surface area contributed by atoms with Gasteiger partial charge in [0.25, 0.3) is 0 Å². The molecule has 0 aliphatic carbocycles. The second-order valence-electron chi connectivity index (χ2n) is 5.35. The molecule has 1 amide bonds. The molecule has 2 aromatic carbocycles. The van der Waals surface area contributed by atoms with Crippen molar-refractivity contribution >= 4 is 17.7 Å². The normalized spacial score (nSPS) is 10.5. The molecule has 0 saturated heterocycles. The summed E-state index contributed by atoms with van der Waals surface area (Å²) in [7, 11) is 0. The zero-order chi connectivity index (χ0) is 18.2. The van der Waals surface area contributed by atoms with Crippen molar-refractivity contribution in [1.82, 2.24) is 25.5 Å². The average molecular weight is 369 g/mol. The van der Waals surface area contributed by atoms with E-state index in [0.29, 0.717) is 18.3 Å². The molecule has 1 aromatic heterocycles. The van der Waals surface area contributed by atoms with E-state index in [9.17, 15) is 4.79 Å². The van der Waals surface area contributed by atoms with Crippen LogP contribution >= 0.6 is 11.8 Å². The molecule has 3 rings (SSSR count). The van der Waals surface area contributed by atoms with Crippen molar-refractivity contribution in [3.8, 4) is 11.4 Å². The molecule has 3 aromatic rings. The Morgan fingerprint density at radius 3 is 2.65 bits per heavy atom. The van der Waals surface area contributed by atoms with Gasteiger partial charge in [-0.1, -0.05) is 42.1 Å². The highest BCUT2D eigenvalue weighted by Crippen LogP contribution is 2.20. The fourth-order valence-electron chi connectivity index (χ4n) is 2.26. The van der Waals surface area contributed by atoms with Crippen LogP contribution < -0.4 is 10.1 Å². The molecule has 0 unspecified atom stereocenters. The first-order valence-electron chi connectivity index (χ1n) is 8.21. The lowest BCUT2D eigenvalue weighted by molar-refractivity contribution is -0.118. The topological polar surface area (TPSA) is 81.9 Å². The van der Waals surface area contributed by atoms with E-state index in [1.807, 2.05) is 61.5 Å². The first kappa shape index (κ1) is 17.9. The number of carbonyl (C=O) groups excluding carboxylic acids is 1. The minimum Gasteiger partial charge on any atom is -0.494 e. The van der Waals surface area contributed by atoms with Crippen molar-refractivity contribution in [1.29, 1.82) is 0 Å². The van der Waals surface area contributed by atoms with Crippen molar-refractivity contribution in [3.05, 3.63) is 60.2 Å². The summed E-state index contributed by atoms with van der Waals surface area (Å²) in [5.74, 6) is 0.962. The number of amides is 1. The fraction of sp³-hybridized carbons (Fsp3) is 0.222. The summed E-state index contributed by atoms with van der Waals surface area (Å²) in [6.07, 6.45) is 0. The second-order valence-corrected chi connectivity index (χ2v) is 6.29. The minimum atomic E-state index is -0.0694. The number of rotatable bonds is 8. The summed E-state index contributed by atoms with van der Waals surface area (Å²) >= 11 is 1.29. The number of tetrazole rings is 1. The van der Waals surface area contributed by atoms with Crippen LogP contribution in [0.3, 0.4) is 0 Å². The smallest absolute Gasteiger partial charge is 0.230 e. The van der Waals surface area contributed by atoms with Gasteiger partial charge in [0.2, 0.25) is 11.1 Å². The molecule has 0 radical (unpaired) electrons. The molecule has 1 heterocycles. The van der Waals surface area contributed by atoms with E-state index in [4.69, 9.17) is 4.74 Å². The Balaban J connectivity index is 1.56. The molecular formula is C18H19N5O2S. The summed E-state index contributed by atoms with van der Waals surface area (Å²) in [5, 5.41) is 15.1. The van der Waals surface area contributed by atoms with Crippen molar-refractivity contribution < 1.29 is 9.53 Å². The van der Waals surface area contributed by atoms with Crippen molar-refractivity contribution in [2.45, 2.75) is 18.6 Å². The lowest BCUT2D eigenvalue weighted by Gasteiger charge is -2.07. The van der Waals surface area contributed by atoms with Crippen LogP contribution in [0.5, 0.6) is 5.75 Å². The largest absolute Gasteiger partial charge is 0.494 e. The molecule has 0 atom stereocenters. The van der Waals surface area contributed by atoms with Crippen LogP contribution in [0.15, 0.2) is 59.8 Å². The van der Waals surface area contributed by atoms with Gasteiger partial charge in [-0.25, -0.2) is 0 Å². The van der Waals surface area contributed by atoms with E-state index >= 15 is 0 Å². The SMILES string of the molecule is CCOc1ccc(-n2nnnc2SCC(=O)NCc2ccccc2)cc1. The van der Waals surface area contributed by atoms with Crippen LogP contribution in [0.4, 0.5) is 0 Å². The third-order valence-corrected chi connectivity index (χ3v) is 4.42. The summed E-state index contributed by atoms with van der Waals surface area (Å²) in [6.45, 7) is 3.06. The van der Waals surface area contributed by atoms with Crippen LogP contribution in [0, 0.1) is 0 Å². The third-order valence-electron chi connectivity index (χ3n) is 3.50. The molecule has 1 N–H and O–H groups in total. The quantitative estimate of drug-likeness (QED) is 0.614. The van der Waals surface area contributed by atoms with Gasteiger partial charge in [-0.3, -0.25) is 4.79 Å². The summed E-state index contributed by atoms with van der Waals surface area (Å²) < 4.78 is 7.03. The Morgan fingerprint density at radius 1 is 1.15 bits per heavy atom. The number of ether oxygens (including phenoxy) is 1. The Labute approximate surface area is 155 Å². The maximum absolute atomic E-state index is 12.0. The zero-order valence-corrected chi connectivity index (χ0v) is 15.1. The molecule has 0 fully saturated rings. The van der Waals surface area contributed by atoms with Crippen LogP contribution in [-0.4, -0.2) is 38.5 Å². The second kappa shape index (κ2) is 9.00. The Kier molecular flexibility index (Phi) is 6.21. The van der Waals surface area contributed by atoms with E-state index in [2.05, 4.69) is 20.8 Å². The molecule has 0 bridgehead atoms. The van der Waals surface area contributed by atoms with E-state index in [1.165, 1.54) is 11.8 Å². The molecule has 0 aliphatic heterocycles. The Bertz CT molecular complexity index is 836. The van der Waals surface area contributed by atoms with E-state index in [0.717, 1.165) is 17.0 Å². The van der Waals surface area contributed by atoms with Gasteiger partial charge in [0.15, 0.2) is 0 Å². The number of benzene rings is 2. The number of thioether (sulfide) groups is 1. The third kappa shape index (κ3) is 4.82. The monoisotopic (exact) mass is 369 g/mol. The summed E-state index contributed by atoms with van der Waals surface area (Å²) in [6, 6.07) is 17.3. The van der Waals surface area contributed by atoms with Gasteiger partial charge in [0, 0.05) is 6.54 Å². The first-order chi connectivity index (χ1) is 12.8. The maximum Gasteiger partial charge on any atom is 0.230 e.